The third kappa shape index (κ3) is 2.14. The molecule has 1 heterocycles. The highest BCUT2D eigenvalue weighted by atomic mass is 16.3. The molecule has 0 radical (unpaired) electrons. The topological polar surface area (TPSA) is 56.4 Å². The lowest BCUT2D eigenvalue weighted by molar-refractivity contribution is 0.691. The third-order valence-corrected chi connectivity index (χ3v) is 3.97. The monoisotopic (exact) mass is 283 g/mol. The Morgan fingerprint density at radius 2 is 2.00 bits per heavy atom. The van der Waals surface area contributed by atoms with Gasteiger partial charge >= 0.3 is 5.69 Å². The molecule has 5 nitrogen and oxygen atoms in total. The summed E-state index contributed by atoms with van der Waals surface area (Å²) < 4.78 is 3.30. The summed E-state index contributed by atoms with van der Waals surface area (Å²) in [5, 5.41) is 3.02. The van der Waals surface area contributed by atoms with E-state index < -0.39 is 0 Å². The van der Waals surface area contributed by atoms with Crippen LogP contribution in [0.2, 0.25) is 0 Å². The molecule has 1 aliphatic rings. The maximum absolute atomic E-state index is 12.6. The average molecular weight is 283 g/mol. The third-order valence-electron chi connectivity index (χ3n) is 3.97. The first-order chi connectivity index (χ1) is 10.1. The van der Waals surface area contributed by atoms with Gasteiger partial charge in [0, 0.05) is 7.05 Å². The Labute approximate surface area is 122 Å². The zero-order valence-corrected chi connectivity index (χ0v) is 12.1. The van der Waals surface area contributed by atoms with Crippen LogP contribution >= 0.6 is 0 Å². The maximum atomic E-state index is 12.6. The first-order valence-electron chi connectivity index (χ1n) is 6.99. The summed E-state index contributed by atoms with van der Waals surface area (Å²) in [6.07, 6.45) is 4.76. The van der Waals surface area contributed by atoms with E-state index in [2.05, 4.69) is 18.2 Å². The number of hydrogen-bond acceptors (Lipinski definition) is 3. The van der Waals surface area contributed by atoms with Crippen molar-refractivity contribution in [3.63, 3.8) is 0 Å². The predicted octanol–water partition coefficient (Wildman–Crippen LogP) is 2.91. The smallest absolute Gasteiger partial charge is 0.295 e. The second kappa shape index (κ2) is 5.16. The van der Waals surface area contributed by atoms with Crippen molar-refractivity contribution in [2.24, 2.45) is 18.1 Å². The van der Waals surface area contributed by atoms with Crippen LogP contribution in [0, 0.1) is 10.8 Å². The van der Waals surface area contributed by atoms with Crippen molar-refractivity contribution in [2.45, 2.75) is 13.3 Å². The van der Waals surface area contributed by atoms with Crippen LogP contribution in [-0.2, 0) is 7.05 Å². The molecule has 0 saturated carbocycles. The van der Waals surface area contributed by atoms with Crippen LogP contribution in [0.15, 0.2) is 52.0 Å². The minimum absolute atomic E-state index is 0.103. The van der Waals surface area contributed by atoms with Crippen molar-refractivity contribution < 1.29 is 0 Å². The van der Waals surface area contributed by atoms with Gasteiger partial charge in [0.15, 0.2) is 0 Å². The highest BCUT2D eigenvalue weighted by Crippen LogP contribution is 2.28. The van der Waals surface area contributed by atoms with E-state index in [9.17, 15) is 9.70 Å². The molecule has 0 fully saturated rings. The molecular formula is C16H17N3O2. The van der Waals surface area contributed by atoms with Crippen LogP contribution in [0.1, 0.15) is 13.3 Å². The first kappa shape index (κ1) is 13.5. The maximum Gasteiger partial charge on any atom is 0.333 e. The molecule has 0 bridgehead atoms. The zero-order valence-electron chi connectivity index (χ0n) is 12.1. The largest absolute Gasteiger partial charge is 0.333 e. The standard InChI is InChI=1S/C16H17N3O2/c1-11-7-8-13(12(9-11)10-17-21)19-15-6-4-3-5-14(15)18(2)16(19)20/h3-8,11H,9-10H2,1-2H3. The van der Waals surface area contributed by atoms with E-state index in [0.29, 0.717) is 5.92 Å². The quantitative estimate of drug-likeness (QED) is 0.813. The van der Waals surface area contributed by atoms with Gasteiger partial charge in [-0.15, -0.1) is 0 Å². The van der Waals surface area contributed by atoms with Gasteiger partial charge in [-0.2, -0.15) is 4.91 Å². The number of benzene rings is 1. The molecule has 0 aliphatic heterocycles. The van der Waals surface area contributed by atoms with Crippen molar-refractivity contribution in [1.82, 2.24) is 9.13 Å². The molecule has 1 unspecified atom stereocenters. The van der Waals surface area contributed by atoms with E-state index in [1.807, 2.05) is 30.3 Å². The second-order valence-electron chi connectivity index (χ2n) is 5.48. The Hall–Kier alpha value is -2.43. The molecule has 1 aromatic heterocycles. The summed E-state index contributed by atoms with van der Waals surface area (Å²) in [7, 11) is 1.76. The van der Waals surface area contributed by atoms with Gasteiger partial charge in [0.05, 0.1) is 16.7 Å². The number of hydrogen-bond donors (Lipinski definition) is 0. The lowest BCUT2D eigenvalue weighted by Crippen LogP contribution is -2.23. The van der Waals surface area contributed by atoms with E-state index in [4.69, 9.17) is 0 Å². The fourth-order valence-corrected chi connectivity index (χ4v) is 2.92. The van der Waals surface area contributed by atoms with Crippen LogP contribution in [0.3, 0.4) is 0 Å². The van der Waals surface area contributed by atoms with E-state index >= 15 is 0 Å². The fourth-order valence-electron chi connectivity index (χ4n) is 2.92. The number of rotatable bonds is 3. The summed E-state index contributed by atoms with van der Waals surface area (Å²) in [5.41, 5.74) is 3.32. The molecule has 108 valence electrons. The summed E-state index contributed by atoms with van der Waals surface area (Å²) in [6, 6.07) is 7.65. The molecule has 0 N–H and O–H groups in total. The highest BCUT2D eigenvalue weighted by molar-refractivity contribution is 5.82. The Bertz CT molecular complexity index is 824. The molecule has 0 spiro atoms. The van der Waals surface area contributed by atoms with Crippen molar-refractivity contribution in [1.29, 1.82) is 0 Å². The van der Waals surface area contributed by atoms with Crippen molar-refractivity contribution in [3.05, 3.63) is 57.4 Å². The summed E-state index contributed by atoms with van der Waals surface area (Å²) in [5.74, 6) is 0.358. The molecule has 21 heavy (non-hydrogen) atoms. The fraction of sp³-hybridized carbons (Fsp3) is 0.312. The van der Waals surface area contributed by atoms with Crippen LogP contribution in [0.25, 0.3) is 16.7 Å². The molecular weight excluding hydrogens is 266 g/mol. The molecule has 3 rings (SSSR count). The number of imidazole rings is 1. The molecule has 0 amide bonds. The van der Waals surface area contributed by atoms with Gasteiger partial charge in [-0.25, -0.2) is 4.79 Å². The molecule has 2 aromatic rings. The zero-order chi connectivity index (χ0) is 15.0. The van der Waals surface area contributed by atoms with Crippen molar-refractivity contribution >= 4 is 16.7 Å². The van der Waals surface area contributed by atoms with Gasteiger partial charge in [-0.05, 0) is 36.1 Å². The van der Waals surface area contributed by atoms with Crippen LogP contribution < -0.4 is 5.69 Å². The van der Waals surface area contributed by atoms with Gasteiger partial charge < -0.3 is 0 Å². The summed E-state index contributed by atoms with van der Waals surface area (Å²) in [6.45, 7) is 2.21. The van der Waals surface area contributed by atoms with E-state index in [-0.39, 0.29) is 12.2 Å². The van der Waals surface area contributed by atoms with E-state index in [1.165, 1.54) is 0 Å². The number of aryl methyl sites for hydroxylation is 1. The van der Waals surface area contributed by atoms with Gasteiger partial charge in [0.1, 0.15) is 6.54 Å². The Morgan fingerprint density at radius 3 is 2.71 bits per heavy atom. The Balaban J connectivity index is 2.31. The number of nitrogens with zero attached hydrogens (tertiary/aromatic N) is 3. The molecule has 1 aliphatic carbocycles. The number of fused-ring (bicyclic) bond motifs is 1. The van der Waals surface area contributed by atoms with E-state index in [0.717, 1.165) is 28.7 Å². The van der Waals surface area contributed by atoms with Crippen LogP contribution in [0.5, 0.6) is 0 Å². The first-order valence-corrected chi connectivity index (χ1v) is 6.99. The van der Waals surface area contributed by atoms with Crippen molar-refractivity contribution in [3.8, 4) is 0 Å². The molecule has 5 heteroatoms. The van der Waals surface area contributed by atoms with Crippen LogP contribution in [-0.4, -0.2) is 15.7 Å². The van der Waals surface area contributed by atoms with Crippen molar-refractivity contribution in [2.75, 3.05) is 6.54 Å². The summed E-state index contributed by atoms with van der Waals surface area (Å²) in [4.78, 5) is 23.3. The second-order valence-corrected chi connectivity index (χ2v) is 5.48. The SMILES string of the molecule is CC1C=CC(n2c(=O)n(C)c3ccccc32)=C(CN=O)C1. The van der Waals surface area contributed by atoms with Gasteiger partial charge in [0.25, 0.3) is 0 Å². The number of aromatic nitrogens is 2. The van der Waals surface area contributed by atoms with E-state index in [1.54, 1.807) is 16.2 Å². The van der Waals surface area contributed by atoms with Gasteiger partial charge in [-0.1, -0.05) is 30.3 Å². The molecule has 1 aromatic carbocycles. The highest BCUT2D eigenvalue weighted by Gasteiger charge is 2.19. The molecule has 1 atom stereocenters. The predicted molar refractivity (Wildman–Crippen MR) is 84.0 cm³/mol. The van der Waals surface area contributed by atoms with Gasteiger partial charge in [-0.3, -0.25) is 9.13 Å². The Kier molecular flexibility index (Phi) is 3.33. The lowest BCUT2D eigenvalue weighted by Gasteiger charge is -2.18. The summed E-state index contributed by atoms with van der Waals surface area (Å²) >= 11 is 0. The number of allylic oxidation sites excluding steroid dienone is 3. The van der Waals surface area contributed by atoms with Crippen LogP contribution in [0.4, 0.5) is 0 Å². The Morgan fingerprint density at radius 1 is 1.29 bits per heavy atom. The normalized spacial score (nSPS) is 18.5. The molecule has 0 saturated heterocycles. The lowest BCUT2D eigenvalue weighted by atomic mass is 9.93. The minimum Gasteiger partial charge on any atom is -0.295 e. The number of para-hydroxylation sites is 2. The average Bonchev–Trinajstić information content (AvgIpc) is 2.73. The number of nitroso groups, excluding NO2 is 1. The minimum atomic E-state index is -0.103. The van der Waals surface area contributed by atoms with Gasteiger partial charge in [0.2, 0.25) is 0 Å².